The molecule has 1 amide bonds. The van der Waals surface area contributed by atoms with Crippen LogP contribution in [0, 0.1) is 0 Å². The maximum absolute atomic E-state index is 12.5. The summed E-state index contributed by atoms with van der Waals surface area (Å²) in [5.41, 5.74) is 1.54. The van der Waals surface area contributed by atoms with E-state index in [1.54, 1.807) is 6.07 Å². The van der Waals surface area contributed by atoms with Gasteiger partial charge in [0.15, 0.2) is 5.75 Å². The first-order valence-electron chi connectivity index (χ1n) is 8.46. The van der Waals surface area contributed by atoms with Gasteiger partial charge in [0.1, 0.15) is 17.6 Å². The third-order valence-corrected chi connectivity index (χ3v) is 4.03. The molecule has 0 saturated heterocycles. The molecule has 0 spiro atoms. The summed E-state index contributed by atoms with van der Waals surface area (Å²) in [4.78, 5) is 12.2. The molecule has 2 aromatic rings. The van der Waals surface area contributed by atoms with E-state index in [2.05, 4.69) is 10.1 Å². The number of carbonyl (C=O) groups excluding carboxylic acids is 1. The molecule has 0 fully saturated rings. The number of rotatable bonds is 5. The van der Waals surface area contributed by atoms with Crippen LogP contribution in [0.5, 0.6) is 17.2 Å². The molecule has 1 atom stereocenters. The molecule has 148 valence electrons. The molecule has 1 heterocycles. The minimum Gasteiger partial charge on any atom is -0.496 e. The van der Waals surface area contributed by atoms with Crippen LogP contribution >= 0.6 is 0 Å². The van der Waals surface area contributed by atoms with Gasteiger partial charge in [-0.3, -0.25) is 4.79 Å². The molecule has 3 rings (SSSR count). The van der Waals surface area contributed by atoms with E-state index in [9.17, 15) is 18.0 Å². The lowest BCUT2D eigenvalue weighted by Crippen LogP contribution is -2.19. The lowest BCUT2D eigenvalue weighted by molar-refractivity contribution is -0.274. The van der Waals surface area contributed by atoms with Gasteiger partial charge in [-0.25, -0.2) is 0 Å². The third-order valence-electron chi connectivity index (χ3n) is 4.03. The standard InChI is InChI=1S/C20H18F3NO4/c1-12-9-14-11-17(26-2)13(10-18(14)27-12)7-8-19(25)24-15-5-3-4-6-16(15)28-20(21,22)23/h3-8,10-12H,9H2,1-2H3,(H,24,25)/b8-7+. The van der Waals surface area contributed by atoms with Crippen LogP contribution in [-0.4, -0.2) is 25.5 Å². The van der Waals surface area contributed by atoms with Crippen molar-refractivity contribution in [3.8, 4) is 17.2 Å². The van der Waals surface area contributed by atoms with Gasteiger partial charge in [0.2, 0.25) is 5.91 Å². The first-order chi connectivity index (χ1) is 13.2. The minimum absolute atomic E-state index is 0.0624. The number of hydrogen-bond donors (Lipinski definition) is 1. The van der Waals surface area contributed by atoms with E-state index in [4.69, 9.17) is 9.47 Å². The average Bonchev–Trinajstić information content (AvgIpc) is 2.98. The summed E-state index contributed by atoms with van der Waals surface area (Å²) in [5.74, 6) is 0.183. The second-order valence-electron chi connectivity index (χ2n) is 6.20. The highest BCUT2D eigenvalue weighted by atomic mass is 19.4. The van der Waals surface area contributed by atoms with Crippen molar-refractivity contribution in [1.29, 1.82) is 0 Å². The lowest BCUT2D eigenvalue weighted by Gasteiger charge is -2.13. The maximum atomic E-state index is 12.5. The quantitative estimate of drug-likeness (QED) is 0.756. The Morgan fingerprint density at radius 1 is 1.25 bits per heavy atom. The molecule has 0 bridgehead atoms. The van der Waals surface area contributed by atoms with E-state index in [1.807, 2.05) is 13.0 Å². The highest BCUT2D eigenvalue weighted by Gasteiger charge is 2.32. The topological polar surface area (TPSA) is 56.8 Å². The molecule has 28 heavy (non-hydrogen) atoms. The van der Waals surface area contributed by atoms with Crippen LogP contribution in [-0.2, 0) is 11.2 Å². The van der Waals surface area contributed by atoms with E-state index >= 15 is 0 Å². The number of methoxy groups -OCH3 is 1. The number of carbonyl (C=O) groups is 1. The summed E-state index contributed by atoms with van der Waals surface area (Å²) in [6.45, 7) is 1.95. The van der Waals surface area contributed by atoms with Crippen LogP contribution in [0.15, 0.2) is 42.5 Å². The van der Waals surface area contributed by atoms with Gasteiger partial charge in [0.05, 0.1) is 12.8 Å². The van der Waals surface area contributed by atoms with E-state index in [1.165, 1.54) is 37.5 Å². The van der Waals surface area contributed by atoms with Gasteiger partial charge < -0.3 is 19.5 Å². The lowest BCUT2D eigenvalue weighted by atomic mass is 10.1. The molecule has 1 aliphatic heterocycles. The summed E-state index contributed by atoms with van der Waals surface area (Å²) in [7, 11) is 1.52. The maximum Gasteiger partial charge on any atom is 0.573 e. The fourth-order valence-corrected chi connectivity index (χ4v) is 2.89. The molecule has 0 saturated carbocycles. The van der Waals surface area contributed by atoms with Crippen LogP contribution in [0.4, 0.5) is 18.9 Å². The Balaban J connectivity index is 1.76. The number of nitrogens with one attached hydrogen (secondary N) is 1. The molecular weight excluding hydrogens is 375 g/mol. The normalized spacial score (nSPS) is 15.8. The number of halogens is 3. The summed E-state index contributed by atoms with van der Waals surface area (Å²) >= 11 is 0. The molecule has 1 unspecified atom stereocenters. The zero-order chi connectivity index (χ0) is 20.3. The first kappa shape index (κ1) is 19.6. The number of fused-ring (bicyclic) bond motifs is 1. The number of hydrogen-bond acceptors (Lipinski definition) is 4. The SMILES string of the molecule is COc1cc2c(cc1/C=C/C(=O)Nc1ccccc1OC(F)(F)F)OC(C)C2. The second kappa shape index (κ2) is 7.84. The molecule has 0 radical (unpaired) electrons. The molecular formula is C20H18F3NO4. The van der Waals surface area contributed by atoms with Gasteiger partial charge in [-0.2, -0.15) is 0 Å². The second-order valence-corrected chi connectivity index (χ2v) is 6.20. The number of alkyl halides is 3. The average molecular weight is 393 g/mol. The number of para-hydroxylation sites is 2. The fraction of sp³-hybridized carbons (Fsp3) is 0.250. The van der Waals surface area contributed by atoms with E-state index in [-0.39, 0.29) is 11.8 Å². The van der Waals surface area contributed by atoms with Crippen molar-refractivity contribution in [3.63, 3.8) is 0 Å². The Hall–Kier alpha value is -3.16. The smallest absolute Gasteiger partial charge is 0.496 e. The van der Waals surface area contributed by atoms with Gasteiger partial charge in [-0.1, -0.05) is 12.1 Å². The van der Waals surface area contributed by atoms with Crippen LogP contribution in [0.1, 0.15) is 18.1 Å². The monoisotopic (exact) mass is 393 g/mol. The van der Waals surface area contributed by atoms with Gasteiger partial charge in [0, 0.05) is 23.6 Å². The Bertz CT molecular complexity index is 909. The van der Waals surface area contributed by atoms with E-state index in [0.717, 1.165) is 23.8 Å². The molecule has 1 aliphatic rings. The summed E-state index contributed by atoms with van der Waals surface area (Å²) in [6.07, 6.45) is -1.31. The van der Waals surface area contributed by atoms with Crippen molar-refractivity contribution < 1.29 is 32.2 Å². The number of benzene rings is 2. The summed E-state index contributed by atoms with van der Waals surface area (Å²) < 4.78 is 52.4. The molecule has 1 N–H and O–H groups in total. The van der Waals surface area contributed by atoms with Crippen LogP contribution in [0.25, 0.3) is 6.08 Å². The first-order valence-corrected chi connectivity index (χ1v) is 8.46. The van der Waals surface area contributed by atoms with Crippen molar-refractivity contribution in [3.05, 3.63) is 53.6 Å². The molecule has 8 heteroatoms. The predicted molar refractivity (Wildman–Crippen MR) is 97.6 cm³/mol. The van der Waals surface area contributed by atoms with Crippen molar-refractivity contribution in [2.75, 3.05) is 12.4 Å². The number of anilines is 1. The van der Waals surface area contributed by atoms with Crippen molar-refractivity contribution in [1.82, 2.24) is 0 Å². The Labute approximate surface area is 159 Å². The Morgan fingerprint density at radius 2 is 2.00 bits per heavy atom. The molecule has 0 aliphatic carbocycles. The van der Waals surface area contributed by atoms with Crippen LogP contribution < -0.4 is 19.5 Å². The van der Waals surface area contributed by atoms with E-state index < -0.39 is 18.0 Å². The predicted octanol–water partition coefficient (Wildman–Crippen LogP) is 4.57. The largest absolute Gasteiger partial charge is 0.573 e. The fourth-order valence-electron chi connectivity index (χ4n) is 2.89. The van der Waals surface area contributed by atoms with Gasteiger partial charge in [-0.15, -0.1) is 13.2 Å². The zero-order valence-corrected chi connectivity index (χ0v) is 15.2. The molecule has 0 aromatic heterocycles. The van der Waals surface area contributed by atoms with Gasteiger partial charge in [0.25, 0.3) is 0 Å². The van der Waals surface area contributed by atoms with Gasteiger partial charge in [-0.05, 0) is 37.3 Å². The minimum atomic E-state index is -4.86. The Kier molecular flexibility index (Phi) is 5.48. The van der Waals surface area contributed by atoms with Crippen molar-refractivity contribution in [2.24, 2.45) is 0 Å². The summed E-state index contributed by atoms with van der Waals surface area (Å²) in [6, 6.07) is 8.92. The third kappa shape index (κ3) is 4.76. The highest BCUT2D eigenvalue weighted by molar-refractivity contribution is 6.03. The van der Waals surface area contributed by atoms with Crippen molar-refractivity contribution >= 4 is 17.7 Å². The van der Waals surface area contributed by atoms with E-state index in [0.29, 0.717) is 11.3 Å². The van der Waals surface area contributed by atoms with Gasteiger partial charge >= 0.3 is 6.36 Å². The number of amides is 1. The molecule has 5 nitrogen and oxygen atoms in total. The Morgan fingerprint density at radius 3 is 2.71 bits per heavy atom. The highest BCUT2D eigenvalue weighted by Crippen LogP contribution is 2.35. The molecule has 2 aromatic carbocycles. The van der Waals surface area contributed by atoms with Crippen molar-refractivity contribution in [2.45, 2.75) is 25.8 Å². The number of ether oxygens (including phenoxy) is 3. The van der Waals surface area contributed by atoms with Crippen LogP contribution in [0.2, 0.25) is 0 Å². The van der Waals surface area contributed by atoms with Crippen LogP contribution in [0.3, 0.4) is 0 Å². The zero-order valence-electron chi connectivity index (χ0n) is 15.2. The summed E-state index contributed by atoms with van der Waals surface area (Å²) in [5, 5.41) is 2.38.